The standard InChI is InChI=1S/C15H27N3S/c1-10(2)14-9-19-15(17-14)16-11-7-12-5-4-6-13(8-11)18(12)3/h10-14H,4-9H2,1-3H3,(H,16,17)/t11?,12?,13?,14-/m1/s1. The highest BCUT2D eigenvalue weighted by molar-refractivity contribution is 8.14. The fourth-order valence-electron chi connectivity index (χ4n) is 3.72. The van der Waals surface area contributed by atoms with Gasteiger partial charge in [-0.25, -0.2) is 0 Å². The molecule has 0 saturated carbocycles. The summed E-state index contributed by atoms with van der Waals surface area (Å²) in [5.41, 5.74) is 0. The number of nitrogens with zero attached hydrogens (tertiary/aromatic N) is 2. The van der Waals surface area contributed by atoms with Crippen LogP contribution in [0.15, 0.2) is 4.99 Å². The van der Waals surface area contributed by atoms with Crippen molar-refractivity contribution in [3.63, 3.8) is 0 Å². The highest BCUT2D eigenvalue weighted by Crippen LogP contribution is 2.33. The van der Waals surface area contributed by atoms with E-state index in [1.807, 2.05) is 11.8 Å². The van der Waals surface area contributed by atoms with Crippen molar-refractivity contribution in [2.75, 3.05) is 12.8 Å². The van der Waals surface area contributed by atoms with Crippen LogP contribution in [0.5, 0.6) is 0 Å². The topological polar surface area (TPSA) is 27.6 Å². The number of rotatable bonds is 2. The summed E-state index contributed by atoms with van der Waals surface area (Å²) >= 11 is 1.93. The van der Waals surface area contributed by atoms with Gasteiger partial charge in [-0.1, -0.05) is 32.0 Å². The fourth-order valence-corrected chi connectivity index (χ4v) is 4.97. The summed E-state index contributed by atoms with van der Waals surface area (Å²) in [5.74, 6) is 1.84. The minimum atomic E-state index is 0.526. The van der Waals surface area contributed by atoms with Crippen LogP contribution in [0, 0.1) is 5.92 Å². The minimum Gasteiger partial charge on any atom is -0.362 e. The second-order valence-electron chi connectivity index (χ2n) is 6.77. The Morgan fingerprint density at radius 3 is 2.53 bits per heavy atom. The normalized spacial score (nSPS) is 39.5. The molecule has 3 aliphatic rings. The van der Waals surface area contributed by atoms with Gasteiger partial charge in [-0.15, -0.1) is 0 Å². The van der Waals surface area contributed by atoms with Gasteiger partial charge in [-0.2, -0.15) is 0 Å². The van der Waals surface area contributed by atoms with Gasteiger partial charge in [0.25, 0.3) is 0 Å². The molecule has 0 aliphatic carbocycles. The van der Waals surface area contributed by atoms with E-state index >= 15 is 0 Å². The van der Waals surface area contributed by atoms with Gasteiger partial charge in [-0.05, 0) is 38.6 Å². The van der Waals surface area contributed by atoms with E-state index in [4.69, 9.17) is 4.99 Å². The van der Waals surface area contributed by atoms with Crippen molar-refractivity contribution in [1.82, 2.24) is 10.2 Å². The van der Waals surface area contributed by atoms with Gasteiger partial charge in [0.2, 0.25) is 0 Å². The minimum absolute atomic E-state index is 0.526. The maximum absolute atomic E-state index is 4.85. The van der Waals surface area contributed by atoms with E-state index in [1.54, 1.807) is 0 Å². The molecule has 3 aliphatic heterocycles. The number of piperidine rings is 2. The Hall–Kier alpha value is -0.220. The third kappa shape index (κ3) is 2.94. The second-order valence-corrected chi connectivity index (χ2v) is 7.78. The molecular weight excluding hydrogens is 254 g/mol. The number of amidine groups is 1. The Labute approximate surface area is 121 Å². The smallest absolute Gasteiger partial charge is 0.157 e. The van der Waals surface area contributed by atoms with Crippen LogP contribution in [0.4, 0.5) is 0 Å². The average molecular weight is 281 g/mol. The van der Waals surface area contributed by atoms with Crippen molar-refractivity contribution in [2.45, 2.75) is 70.1 Å². The number of nitrogens with one attached hydrogen (secondary N) is 1. The molecule has 0 aromatic rings. The molecule has 2 unspecified atom stereocenters. The molecule has 0 amide bonds. The Kier molecular flexibility index (Phi) is 4.08. The second kappa shape index (κ2) is 5.65. The van der Waals surface area contributed by atoms with Crippen molar-refractivity contribution in [1.29, 1.82) is 0 Å². The molecule has 1 N–H and O–H groups in total. The van der Waals surface area contributed by atoms with Crippen LogP contribution in [-0.2, 0) is 0 Å². The molecule has 0 aromatic carbocycles. The molecule has 0 aromatic heterocycles. The zero-order valence-corrected chi connectivity index (χ0v) is 13.2. The summed E-state index contributed by atoms with van der Waals surface area (Å²) in [6, 6.07) is 2.79. The molecule has 0 spiro atoms. The van der Waals surface area contributed by atoms with Crippen LogP contribution in [-0.4, -0.2) is 47.0 Å². The highest BCUT2D eigenvalue weighted by atomic mass is 32.2. The Morgan fingerprint density at radius 1 is 1.26 bits per heavy atom. The van der Waals surface area contributed by atoms with Gasteiger partial charge in [0, 0.05) is 23.9 Å². The Balaban J connectivity index is 1.58. The summed E-state index contributed by atoms with van der Waals surface area (Å²) < 4.78 is 0. The molecular formula is C15H27N3S. The van der Waals surface area contributed by atoms with Gasteiger partial charge in [0.15, 0.2) is 5.17 Å². The molecule has 0 radical (unpaired) electrons. The van der Waals surface area contributed by atoms with Crippen LogP contribution >= 0.6 is 11.8 Å². The lowest BCUT2D eigenvalue weighted by atomic mass is 9.82. The van der Waals surface area contributed by atoms with Gasteiger partial charge < -0.3 is 10.2 Å². The number of thioether (sulfide) groups is 1. The quantitative estimate of drug-likeness (QED) is 0.843. The van der Waals surface area contributed by atoms with Crippen molar-refractivity contribution in [3.05, 3.63) is 0 Å². The third-order valence-electron chi connectivity index (χ3n) is 5.11. The number of fused-ring (bicyclic) bond motifs is 2. The van der Waals surface area contributed by atoms with Crippen LogP contribution in [0.1, 0.15) is 46.0 Å². The van der Waals surface area contributed by atoms with E-state index in [2.05, 4.69) is 31.1 Å². The SMILES string of the molecule is CC(C)[C@H]1CSC(NC2CC3CCCC(C2)N3C)=N1. The van der Waals surface area contributed by atoms with E-state index in [0.29, 0.717) is 18.0 Å². The molecule has 2 saturated heterocycles. The van der Waals surface area contributed by atoms with Crippen molar-refractivity contribution in [2.24, 2.45) is 10.9 Å². The van der Waals surface area contributed by atoms with Crippen molar-refractivity contribution < 1.29 is 0 Å². The lowest BCUT2D eigenvalue weighted by Gasteiger charge is -2.47. The zero-order valence-electron chi connectivity index (χ0n) is 12.4. The molecule has 3 heterocycles. The van der Waals surface area contributed by atoms with Crippen LogP contribution in [0.25, 0.3) is 0 Å². The molecule has 3 rings (SSSR count). The van der Waals surface area contributed by atoms with E-state index in [0.717, 1.165) is 12.1 Å². The van der Waals surface area contributed by atoms with Crippen LogP contribution < -0.4 is 5.32 Å². The first-order valence-electron chi connectivity index (χ1n) is 7.82. The lowest BCUT2D eigenvalue weighted by Crippen LogP contribution is -2.55. The molecule has 108 valence electrons. The van der Waals surface area contributed by atoms with E-state index in [-0.39, 0.29) is 0 Å². The largest absolute Gasteiger partial charge is 0.362 e. The Bertz CT molecular complexity index is 341. The first kappa shape index (κ1) is 13.7. The van der Waals surface area contributed by atoms with Crippen molar-refractivity contribution >= 4 is 16.9 Å². The first-order chi connectivity index (χ1) is 9.13. The molecule has 2 fully saturated rings. The van der Waals surface area contributed by atoms with Crippen LogP contribution in [0.3, 0.4) is 0 Å². The summed E-state index contributed by atoms with van der Waals surface area (Å²) in [6.07, 6.45) is 6.81. The first-order valence-corrected chi connectivity index (χ1v) is 8.81. The number of aliphatic imine (C=N–C) groups is 1. The third-order valence-corrected chi connectivity index (χ3v) is 6.12. The summed E-state index contributed by atoms with van der Waals surface area (Å²) in [7, 11) is 2.32. The molecule has 3 nitrogen and oxygen atoms in total. The maximum Gasteiger partial charge on any atom is 0.157 e. The number of hydrogen-bond donors (Lipinski definition) is 1. The van der Waals surface area contributed by atoms with E-state index in [9.17, 15) is 0 Å². The predicted molar refractivity (Wildman–Crippen MR) is 83.9 cm³/mol. The molecule has 4 heteroatoms. The number of hydrogen-bond acceptors (Lipinski definition) is 4. The summed E-state index contributed by atoms with van der Waals surface area (Å²) in [5, 5.41) is 4.95. The highest BCUT2D eigenvalue weighted by Gasteiger charge is 2.36. The average Bonchev–Trinajstić information content (AvgIpc) is 2.79. The van der Waals surface area contributed by atoms with Gasteiger partial charge >= 0.3 is 0 Å². The Morgan fingerprint density at radius 2 is 1.95 bits per heavy atom. The summed E-state index contributed by atoms with van der Waals surface area (Å²) in [6.45, 7) is 4.55. The molecule has 3 atom stereocenters. The lowest BCUT2D eigenvalue weighted by molar-refractivity contribution is 0.0530. The van der Waals surface area contributed by atoms with Gasteiger partial charge in [0.1, 0.15) is 0 Å². The van der Waals surface area contributed by atoms with Gasteiger partial charge in [-0.3, -0.25) is 4.99 Å². The summed E-state index contributed by atoms with van der Waals surface area (Å²) in [4.78, 5) is 7.48. The van der Waals surface area contributed by atoms with Crippen LogP contribution in [0.2, 0.25) is 0 Å². The van der Waals surface area contributed by atoms with E-state index in [1.165, 1.54) is 43.0 Å². The van der Waals surface area contributed by atoms with Crippen molar-refractivity contribution in [3.8, 4) is 0 Å². The van der Waals surface area contributed by atoms with E-state index < -0.39 is 0 Å². The van der Waals surface area contributed by atoms with Gasteiger partial charge in [0.05, 0.1) is 6.04 Å². The predicted octanol–water partition coefficient (Wildman–Crippen LogP) is 2.72. The molecule has 2 bridgehead atoms. The monoisotopic (exact) mass is 281 g/mol. The maximum atomic E-state index is 4.85. The fraction of sp³-hybridized carbons (Fsp3) is 0.933. The molecule has 19 heavy (non-hydrogen) atoms. The zero-order chi connectivity index (χ0) is 13.4.